The van der Waals surface area contributed by atoms with E-state index in [2.05, 4.69) is 6.92 Å². The van der Waals surface area contributed by atoms with Gasteiger partial charge in [-0.2, -0.15) is 0 Å². The highest BCUT2D eigenvalue weighted by molar-refractivity contribution is 5.84. The summed E-state index contributed by atoms with van der Waals surface area (Å²) in [6, 6.07) is 0.122. The van der Waals surface area contributed by atoms with Gasteiger partial charge in [-0.05, 0) is 32.6 Å². The zero-order valence-corrected chi connectivity index (χ0v) is 11.5. The second kappa shape index (κ2) is 5.83. The molecule has 1 unspecified atom stereocenters. The van der Waals surface area contributed by atoms with Crippen LogP contribution in [-0.4, -0.2) is 43.7 Å². The quantitative estimate of drug-likeness (QED) is 0.762. The van der Waals surface area contributed by atoms with E-state index in [4.69, 9.17) is 10.5 Å². The molecule has 0 aromatic rings. The van der Waals surface area contributed by atoms with Crippen molar-refractivity contribution in [3.05, 3.63) is 0 Å². The summed E-state index contributed by atoms with van der Waals surface area (Å²) in [5, 5.41) is 0. The Kier molecular flexibility index (Phi) is 4.95. The first-order valence-electron chi connectivity index (χ1n) is 6.50. The number of hydrogen-bond acceptors (Lipinski definition) is 3. The smallest absolute Gasteiger partial charge is 0.230 e. The monoisotopic (exact) mass is 242 g/mol. The standard InChI is InChI=1S/C13H26N2O2/c1-5-15(11(3)8-17-4)12(16)13(9-14)6-10(2)7-13/h10-11H,5-9,14H2,1-4H3. The number of carbonyl (C=O) groups excluding carboxylic acids is 1. The van der Waals surface area contributed by atoms with E-state index in [-0.39, 0.29) is 17.4 Å². The van der Waals surface area contributed by atoms with Crippen molar-refractivity contribution in [3.8, 4) is 0 Å². The molecule has 0 aliphatic heterocycles. The van der Waals surface area contributed by atoms with Gasteiger partial charge in [0.2, 0.25) is 5.91 Å². The van der Waals surface area contributed by atoms with Crippen LogP contribution >= 0.6 is 0 Å². The highest BCUT2D eigenvalue weighted by atomic mass is 16.5. The van der Waals surface area contributed by atoms with Crippen LogP contribution in [0.25, 0.3) is 0 Å². The molecule has 1 fully saturated rings. The summed E-state index contributed by atoms with van der Waals surface area (Å²) in [6.07, 6.45) is 1.86. The lowest BCUT2D eigenvalue weighted by molar-refractivity contribution is -0.152. The first-order valence-corrected chi connectivity index (χ1v) is 6.50. The molecule has 0 bridgehead atoms. The Morgan fingerprint density at radius 2 is 2.18 bits per heavy atom. The molecule has 1 amide bonds. The number of carbonyl (C=O) groups is 1. The minimum atomic E-state index is -0.294. The third-order valence-corrected chi connectivity index (χ3v) is 3.86. The van der Waals surface area contributed by atoms with Crippen molar-refractivity contribution in [1.82, 2.24) is 4.90 Å². The molecule has 0 spiro atoms. The lowest BCUT2D eigenvalue weighted by atomic mass is 9.61. The van der Waals surface area contributed by atoms with Gasteiger partial charge in [-0.25, -0.2) is 0 Å². The van der Waals surface area contributed by atoms with Gasteiger partial charge in [0.1, 0.15) is 0 Å². The van der Waals surface area contributed by atoms with Crippen molar-refractivity contribution >= 4 is 5.91 Å². The van der Waals surface area contributed by atoms with Gasteiger partial charge >= 0.3 is 0 Å². The van der Waals surface area contributed by atoms with Crippen LogP contribution < -0.4 is 5.73 Å². The van der Waals surface area contributed by atoms with E-state index < -0.39 is 0 Å². The second-order valence-corrected chi connectivity index (χ2v) is 5.39. The van der Waals surface area contributed by atoms with Gasteiger partial charge in [0.15, 0.2) is 0 Å². The van der Waals surface area contributed by atoms with Gasteiger partial charge in [0.25, 0.3) is 0 Å². The van der Waals surface area contributed by atoms with Gasteiger partial charge in [-0.1, -0.05) is 6.92 Å². The van der Waals surface area contributed by atoms with Crippen molar-refractivity contribution in [1.29, 1.82) is 0 Å². The average Bonchev–Trinajstić information content (AvgIpc) is 2.25. The van der Waals surface area contributed by atoms with E-state index in [0.29, 0.717) is 19.1 Å². The number of amides is 1. The van der Waals surface area contributed by atoms with E-state index in [1.165, 1.54) is 0 Å². The van der Waals surface area contributed by atoms with Crippen molar-refractivity contribution in [2.24, 2.45) is 17.1 Å². The van der Waals surface area contributed by atoms with Gasteiger partial charge in [0.05, 0.1) is 18.1 Å². The SMILES string of the molecule is CCN(C(=O)C1(CN)CC(C)C1)C(C)COC. The van der Waals surface area contributed by atoms with Gasteiger partial charge < -0.3 is 15.4 Å². The molecular formula is C13H26N2O2. The van der Waals surface area contributed by atoms with Gasteiger partial charge in [-0.3, -0.25) is 4.79 Å². The molecule has 0 aromatic heterocycles. The van der Waals surface area contributed by atoms with E-state index >= 15 is 0 Å². The predicted octanol–water partition coefficient (Wildman–Crippen LogP) is 1.24. The topological polar surface area (TPSA) is 55.6 Å². The molecule has 4 heteroatoms. The summed E-state index contributed by atoms with van der Waals surface area (Å²) in [5.41, 5.74) is 5.53. The Bertz CT molecular complexity index is 262. The molecule has 0 aromatic carbocycles. The number of nitrogens with two attached hydrogens (primary N) is 1. The largest absolute Gasteiger partial charge is 0.383 e. The zero-order valence-electron chi connectivity index (χ0n) is 11.5. The number of hydrogen-bond donors (Lipinski definition) is 1. The molecule has 1 atom stereocenters. The highest BCUT2D eigenvalue weighted by Gasteiger charge is 2.49. The lowest BCUT2D eigenvalue weighted by Gasteiger charge is -2.47. The summed E-state index contributed by atoms with van der Waals surface area (Å²) in [6.45, 7) is 7.98. The Balaban J connectivity index is 2.71. The first-order chi connectivity index (χ1) is 8.00. The van der Waals surface area contributed by atoms with Crippen LogP contribution in [0.3, 0.4) is 0 Å². The molecular weight excluding hydrogens is 216 g/mol. The van der Waals surface area contributed by atoms with Crippen LogP contribution in [0.4, 0.5) is 0 Å². The minimum absolute atomic E-state index is 0.122. The molecule has 17 heavy (non-hydrogen) atoms. The van der Waals surface area contributed by atoms with E-state index in [9.17, 15) is 4.79 Å². The number of rotatable bonds is 6. The molecule has 1 rings (SSSR count). The molecule has 2 N–H and O–H groups in total. The fraction of sp³-hybridized carbons (Fsp3) is 0.923. The van der Waals surface area contributed by atoms with E-state index in [1.807, 2.05) is 18.7 Å². The van der Waals surface area contributed by atoms with Crippen LogP contribution in [0.1, 0.15) is 33.6 Å². The number of methoxy groups -OCH3 is 1. The molecule has 1 aliphatic rings. The Morgan fingerprint density at radius 3 is 2.53 bits per heavy atom. The van der Waals surface area contributed by atoms with Crippen LogP contribution in [0.2, 0.25) is 0 Å². The zero-order chi connectivity index (χ0) is 13.1. The summed E-state index contributed by atoms with van der Waals surface area (Å²) in [4.78, 5) is 14.5. The molecule has 1 saturated carbocycles. The van der Waals surface area contributed by atoms with E-state index in [1.54, 1.807) is 7.11 Å². The second-order valence-electron chi connectivity index (χ2n) is 5.39. The maximum absolute atomic E-state index is 12.6. The molecule has 0 saturated heterocycles. The summed E-state index contributed by atoms with van der Waals surface area (Å²) in [5.74, 6) is 0.837. The normalized spacial score (nSPS) is 29.6. The third-order valence-electron chi connectivity index (χ3n) is 3.86. The lowest BCUT2D eigenvalue weighted by Crippen LogP contribution is -2.57. The van der Waals surface area contributed by atoms with Crippen LogP contribution in [0, 0.1) is 11.3 Å². The Hall–Kier alpha value is -0.610. The van der Waals surface area contributed by atoms with Crippen molar-refractivity contribution < 1.29 is 9.53 Å². The van der Waals surface area contributed by atoms with E-state index in [0.717, 1.165) is 19.4 Å². The fourth-order valence-corrected chi connectivity index (χ4v) is 2.99. The average molecular weight is 242 g/mol. The van der Waals surface area contributed by atoms with Crippen molar-refractivity contribution in [2.75, 3.05) is 26.8 Å². The molecule has 100 valence electrons. The maximum atomic E-state index is 12.6. The predicted molar refractivity (Wildman–Crippen MR) is 68.6 cm³/mol. The minimum Gasteiger partial charge on any atom is -0.383 e. The molecule has 0 heterocycles. The Morgan fingerprint density at radius 1 is 1.59 bits per heavy atom. The molecule has 4 nitrogen and oxygen atoms in total. The number of ether oxygens (including phenoxy) is 1. The first kappa shape index (κ1) is 14.5. The summed E-state index contributed by atoms with van der Waals surface area (Å²) in [7, 11) is 1.67. The fourth-order valence-electron chi connectivity index (χ4n) is 2.99. The summed E-state index contributed by atoms with van der Waals surface area (Å²) >= 11 is 0. The van der Waals surface area contributed by atoms with Crippen molar-refractivity contribution in [3.63, 3.8) is 0 Å². The third kappa shape index (κ3) is 2.80. The number of nitrogens with zero attached hydrogens (tertiary/aromatic N) is 1. The Labute approximate surface area is 104 Å². The van der Waals surface area contributed by atoms with Crippen LogP contribution in [0.15, 0.2) is 0 Å². The molecule has 1 aliphatic carbocycles. The maximum Gasteiger partial charge on any atom is 0.230 e. The van der Waals surface area contributed by atoms with Gasteiger partial charge in [-0.15, -0.1) is 0 Å². The summed E-state index contributed by atoms with van der Waals surface area (Å²) < 4.78 is 5.13. The number of likely N-dealkylation sites (N-methyl/N-ethyl adjacent to an activating group) is 1. The highest BCUT2D eigenvalue weighted by Crippen LogP contribution is 2.46. The van der Waals surface area contributed by atoms with Gasteiger partial charge in [0, 0.05) is 20.2 Å². The van der Waals surface area contributed by atoms with Crippen molar-refractivity contribution in [2.45, 2.75) is 39.7 Å². The van der Waals surface area contributed by atoms with Crippen LogP contribution in [0.5, 0.6) is 0 Å². The molecule has 0 radical (unpaired) electrons. The van der Waals surface area contributed by atoms with Crippen LogP contribution in [-0.2, 0) is 9.53 Å².